The highest BCUT2D eigenvalue weighted by molar-refractivity contribution is 7.15. The van der Waals surface area contributed by atoms with Crippen molar-refractivity contribution in [3.8, 4) is 10.6 Å². The lowest BCUT2D eigenvalue weighted by molar-refractivity contribution is -0.184. The minimum atomic E-state index is -4.37. The van der Waals surface area contributed by atoms with E-state index in [-0.39, 0.29) is 19.1 Å². The first kappa shape index (κ1) is 21.1. The molecule has 0 bridgehead atoms. The lowest BCUT2D eigenvalue weighted by Gasteiger charge is -2.36. The van der Waals surface area contributed by atoms with Gasteiger partial charge in [0, 0.05) is 29.0 Å². The third-order valence-corrected chi connectivity index (χ3v) is 6.96. The molecule has 166 valence electrons. The van der Waals surface area contributed by atoms with Crippen molar-refractivity contribution in [3.63, 3.8) is 0 Å². The van der Waals surface area contributed by atoms with Gasteiger partial charge >= 0.3 is 6.18 Å². The van der Waals surface area contributed by atoms with E-state index in [2.05, 4.69) is 4.98 Å². The minimum absolute atomic E-state index is 0.108. The van der Waals surface area contributed by atoms with Crippen LogP contribution in [0.2, 0.25) is 0 Å². The summed E-state index contributed by atoms with van der Waals surface area (Å²) in [4.78, 5) is 20.3. The molecule has 32 heavy (non-hydrogen) atoms. The topological polar surface area (TPSA) is 62.7 Å². The van der Waals surface area contributed by atoms with Gasteiger partial charge in [0.1, 0.15) is 10.6 Å². The summed E-state index contributed by atoms with van der Waals surface area (Å²) in [5.41, 5.74) is 1.11. The number of alkyl halides is 3. The van der Waals surface area contributed by atoms with Crippen LogP contribution in [0.25, 0.3) is 10.6 Å². The number of ether oxygens (including phenoxy) is 1. The Hall–Kier alpha value is -2.75. The molecule has 0 radical (unpaired) electrons. The molecule has 0 unspecified atom stereocenters. The van der Waals surface area contributed by atoms with E-state index >= 15 is 0 Å². The highest BCUT2D eigenvalue weighted by Gasteiger charge is 2.38. The number of hydrogen-bond donors (Lipinski definition) is 1. The standard InChI is InChI=1S/C23H19F3N2O3S/c24-23(25,26)17-7-1-14(2-8-17)20-27-18-9-10-28(11-19(18)32-20)21(29)15-3-5-16(6-4-15)22(30)12-31-13-22/h1-8,30H,9-13H2. The zero-order valence-electron chi connectivity index (χ0n) is 16.9. The zero-order valence-corrected chi connectivity index (χ0v) is 17.7. The van der Waals surface area contributed by atoms with E-state index in [0.717, 1.165) is 28.3 Å². The summed E-state index contributed by atoms with van der Waals surface area (Å²) in [5, 5.41) is 11.0. The van der Waals surface area contributed by atoms with Crippen LogP contribution >= 0.6 is 11.3 Å². The molecule has 0 spiro atoms. The van der Waals surface area contributed by atoms with Gasteiger partial charge in [-0.25, -0.2) is 4.98 Å². The van der Waals surface area contributed by atoms with Crippen LogP contribution in [0.4, 0.5) is 13.2 Å². The molecular formula is C23H19F3N2O3S. The lowest BCUT2D eigenvalue weighted by atomic mass is 9.91. The first-order valence-corrected chi connectivity index (χ1v) is 10.9. The van der Waals surface area contributed by atoms with Crippen LogP contribution in [-0.4, -0.2) is 40.7 Å². The normalized spacial score (nSPS) is 17.6. The van der Waals surface area contributed by atoms with Crippen LogP contribution in [0, 0.1) is 0 Å². The van der Waals surface area contributed by atoms with Crippen molar-refractivity contribution >= 4 is 17.2 Å². The monoisotopic (exact) mass is 460 g/mol. The third-order valence-electron chi connectivity index (χ3n) is 5.83. The van der Waals surface area contributed by atoms with E-state index in [9.17, 15) is 23.1 Å². The second-order valence-electron chi connectivity index (χ2n) is 8.04. The van der Waals surface area contributed by atoms with E-state index < -0.39 is 17.3 Å². The number of thiazole rings is 1. The zero-order chi connectivity index (χ0) is 22.5. The molecular weight excluding hydrogens is 441 g/mol. The van der Waals surface area contributed by atoms with Crippen molar-refractivity contribution in [2.75, 3.05) is 19.8 Å². The third kappa shape index (κ3) is 3.80. The summed E-state index contributed by atoms with van der Waals surface area (Å²) < 4.78 is 43.5. The summed E-state index contributed by atoms with van der Waals surface area (Å²) in [5.74, 6) is -0.108. The van der Waals surface area contributed by atoms with Crippen LogP contribution in [-0.2, 0) is 29.5 Å². The van der Waals surface area contributed by atoms with Crippen LogP contribution in [0.15, 0.2) is 48.5 Å². The molecule has 5 rings (SSSR count). The first-order valence-electron chi connectivity index (χ1n) is 10.1. The summed E-state index contributed by atoms with van der Waals surface area (Å²) in [7, 11) is 0. The molecule has 3 aromatic rings. The number of carbonyl (C=O) groups is 1. The molecule has 9 heteroatoms. The number of benzene rings is 2. The van der Waals surface area contributed by atoms with Crippen molar-refractivity contribution in [3.05, 3.63) is 75.8 Å². The van der Waals surface area contributed by atoms with Gasteiger partial charge in [-0.3, -0.25) is 4.79 Å². The van der Waals surface area contributed by atoms with Gasteiger partial charge in [0.05, 0.1) is 31.0 Å². The molecule has 1 N–H and O–H groups in total. The fraction of sp³-hybridized carbons (Fsp3) is 0.304. The number of halogens is 3. The van der Waals surface area contributed by atoms with Crippen molar-refractivity contribution < 1.29 is 27.8 Å². The number of fused-ring (bicyclic) bond motifs is 1. The largest absolute Gasteiger partial charge is 0.416 e. The molecule has 2 aromatic carbocycles. The van der Waals surface area contributed by atoms with Gasteiger partial charge in [-0.05, 0) is 29.8 Å². The van der Waals surface area contributed by atoms with E-state index in [1.165, 1.54) is 23.5 Å². The summed E-state index contributed by atoms with van der Waals surface area (Å²) in [6.45, 7) is 1.43. The Morgan fingerprint density at radius 1 is 1.09 bits per heavy atom. The number of rotatable bonds is 3. The van der Waals surface area contributed by atoms with E-state index in [1.807, 2.05) is 0 Å². The van der Waals surface area contributed by atoms with Crippen LogP contribution in [0.3, 0.4) is 0 Å². The maximum Gasteiger partial charge on any atom is 0.416 e. The Bertz CT molecular complexity index is 1150. The summed E-state index contributed by atoms with van der Waals surface area (Å²) in [6.07, 6.45) is -3.78. The van der Waals surface area contributed by atoms with Gasteiger partial charge in [0.25, 0.3) is 5.91 Å². The van der Waals surface area contributed by atoms with Crippen molar-refractivity contribution in [2.45, 2.75) is 24.7 Å². The predicted molar refractivity (Wildman–Crippen MR) is 112 cm³/mol. The molecule has 0 atom stereocenters. The predicted octanol–water partition coefficient (Wildman–Crippen LogP) is 4.25. The lowest BCUT2D eigenvalue weighted by Crippen LogP contribution is -2.46. The van der Waals surface area contributed by atoms with Gasteiger partial charge in [-0.1, -0.05) is 24.3 Å². The fourth-order valence-corrected chi connectivity index (χ4v) is 4.99. The average molecular weight is 460 g/mol. The number of carbonyl (C=O) groups excluding carboxylic acids is 1. The molecule has 1 saturated heterocycles. The quantitative estimate of drug-likeness (QED) is 0.635. The number of aliphatic hydroxyl groups is 1. The van der Waals surface area contributed by atoms with Crippen molar-refractivity contribution in [2.24, 2.45) is 0 Å². The SMILES string of the molecule is O=C(c1ccc(C2(O)COC2)cc1)N1CCc2nc(-c3ccc(C(F)(F)F)cc3)sc2C1. The number of hydrogen-bond acceptors (Lipinski definition) is 5. The van der Waals surface area contributed by atoms with Gasteiger partial charge < -0.3 is 14.7 Å². The smallest absolute Gasteiger partial charge is 0.380 e. The molecule has 2 aliphatic rings. The second-order valence-corrected chi connectivity index (χ2v) is 9.13. The van der Waals surface area contributed by atoms with E-state index in [4.69, 9.17) is 4.74 Å². The van der Waals surface area contributed by atoms with Crippen LogP contribution in [0.1, 0.15) is 32.1 Å². The fourth-order valence-electron chi connectivity index (χ4n) is 3.86. The molecule has 0 saturated carbocycles. The minimum Gasteiger partial charge on any atom is -0.380 e. The Morgan fingerprint density at radius 3 is 2.38 bits per heavy atom. The Labute approximate surface area is 186 Å². The van der Waals surface area contributed by atoms with Gasteiger partial charge in [-0.2, -0.15) is 13.2 Å². The molecule has 0 aliphatic carbocycles. The molecule has 1 aromatic heterocycles. The van der Waals surface area contributed by atoms with Gasteiger partial charge in [0.15, 0.2) is 0 Å². The van der Waals surface area contributed by atoms with E-state index in [0.29, 0.717) is 35.6 Å². The Kier molecular flexibility index (Phi) is 5.07. The molecule has 3 heterocycles. The Balaban J connectivity index is 1.31. The van der Waals surface area contributed by atoms with Crippen LogP contribution in [0.5, 0.6) is 0 Å². The molecule has 1 fully saturated rings. The summed E-state index contributed by atoms with van der Waals surface area (Å²) >= 11 is 1.40. The van der Waals surface area contributed by atoms with Crippen LogP contribution < -0.4 is 0 Å². The molecule has 1 amide bonds. The average Bonchev–Trinajstić information content (AvgIpc) is 3.20. The number of amides is 1. The second kappa shape index (κ2) is 7.68. The van der Waals surface area contributed by atoms with Gasteiger partial charge in [0.2, 0.25) is 0 Å². The Morgan fingerprint density at radius 2 is 1.78 bits per heavy atom. The number of aromatic nitrogens is 1. The molecule has 2 aliphatic heterocycles. The maximum atomic E-state index is 13.0. The highest BCUT2D eigenvalue weighted by atomic mass is 32.1. The van der Waals surface area contributed by atoms with Gasteiger partial charge in [-0.15, -0.1) is 11.3 Å². The molecule has 5 nitrogen and oxygen atoms in total. The van der Waals surface area contributed by atoms with Crippen molar-refractivity contribution in [1.82, 2.24) is 9.88 Å². The summed E-state index contributed by atoms with van der Waals surface area (Å²) in [6, 6.07) is 11.9. The number of nitrogens with zero attached hydrogens (tertiary/aromatic N) is 2. The van der Waals surface area contributed by atoms with Crippen molar-refractivity contribution in [1.29, 1.82) is 0 Å². The maximum absolute atomic E-state index is 13.0. The highest BCUT2D eigenvalue weighted by Crippen LogP contribution is 2.35. The first-order chi connectivity index (χ1) is 15.2. The van der Waals surface area contributed by atoms with E-state index in [1.54, 1.807) is 29.2 Å².